The van der Waals surface area contributed by atoms with E-state index in [9.17, 15) is 0 Å². The number of halogens is 1. The van der Waals surface area contributed by atoms with Gasteiger partial charge in [-0.2, -0.15) is 0 Å². The van der Waals surface area contributed by atoms with Crippen LogP contribution < -0.4 is 0 Å². The Kier molecular flexibility index (Phi) is 3.54. The molecule has 0 aromatic carbocycles. The zero-order valence-electron chi connectivity index (χ0n) is 5.05. The summed E-state index contributed by atoms with van der Waals surface area (Å²) in [6, 6.07) is 4.13. The van der Waals surface area contributed by atoms with Crippen LogP contribution in [0.2, 0.25) is 0 Å². The van der Waals surface area contributed by atoms with E-state index >= 15 is 0 Å². The highest BCUT2D eigenvalue weighted by molar-refractivity contribution is 9.23. The highest BCUT2D eigenvalue weighted by Gasteiger charge is 1.90. The van der Waals surface area contributed by atoms with Crippen LogP contribution >= 0.6 is 12.9 Å². The largest absolute Gasteiger partial charge is 0.473 e. The van der Waals surface area contributed by atoms with Gasteiger partial charge in [-0.1, -0.05) is 5.56 Å². The Labute approximate surface area is 70.5 Å². The summed E-state index contributed by atoms with van der Waals surface area (Å²) in [4.78, 5) is 3.93. The monoisotopic (exact) mass is 195 g/mol. The predicted molar refractivity (Wildman–Crippen MR) is 42.6 cm³/mol. The molecule has 0 aliphatic carbocycles. The Hall–Kier alpha value is 0.396. The van der Waals surface area contributed by atoms with Crippen molar-refractivity contribution in [3.8, 4) is 0 Å². The second kappa shape index (κ2) is 4.25. The SMILES string of the molecule is [Br][Mg][CH2]c1ccncc1. The Morgan fingerprint density at radius 3 is 2.67 bits per heavy atom. The van der Waals surface area contributed by atoms with Gasteiger partial charge in [0, 0.05) is 12.4 Å². The van der Waals surface area contributed by atoms with Gasteiger partial charge in [0.1, 0.15) is 0 Å². The average molecular weight is 196 g/mol. The van der Waals surface area contributed by atoms with Crippen molar-refractivity contribution in [1.82, 2.24) is 4.98 Å². The molecule has 44 valence electrons. The lowest BCUT2D eigenvalue weighted by Gasteiger charge is -1.91. The Balaban J connectivity index is 2.61. The molecule has 0 atom stereocenters. The van der Waals surface area contributed by atoms with Crippen molar-refractivity contribution in [3.05, 3.63) is 30.1 Å². The van der Waals surface area contributed by atoms with E-state index in [-0.39, 0.29) is 18.2 Å². The van der Waals surface area contributed by atoms with Crippen LogP contribution in [-0.2, 0) is 4.55 Å². The maximum absolute atomic E-state index is 3.93. The van der Waals surface area contributed by atoms with Crippen LogP contribution in [0.3, 0.4) is 0 Å². The first kappa shape index (κ1) is 7.50. The molecule has 0 saturated carbocycles. The minimum atomic E-state index is 0.000432. The van der Waals surface area contributed by atoms with Crippen LogP contribution in [0, 0.1) is 0 Å². The molecular weight excluding hydrogens is 190 g/mol. The van der Waals surface area contributed by atoms with Crippen LogP contribution in [-0.4, -0.2) is 23.2 Å². The van der Waals surface area contributed by atoms with Gasteiger partial charge in [0.05, 0.1) is 0 Å². The molecule has 0 unspecified atom stereocenters. The van der Waals surface area contributed by atoms with Crippen molar-refractivity contribution in [2.45, 2.75) is 4.55 Å². The smallest absolute Gasteiger partial charge is 0.306 e. The molecule has 0 radical (unpaired) electrons. The number of hydrogen-bond acceptors (Lipinski definition) is 1. The molecule has 0 bridgehead atoms. The molecule has 1 rings (SSSR count). The molecule has 9 heavy (non-hydrogen) atoms. The zero-order valence-corrected chi connectivity index (χ0v) is 8.05. The summed E-state index contributed by atoms with van der Waals surface area (Å²) in [6.45, 7) is 0. The van der Waals surface area contributed by atoms with Crippen molar-refractivity contribution in [3.63, 3.8) is 0 Å². The summed E-state index contributed by atoms with van der Waals surface area (Å²) in [5.41, 5.74) is 1.40. The normalized spacial score (nSPS) is 8.56. The summed E-state index contributed by atoms with van der Waals surface area (Å²) in [6.07, 6.45) is 3.68. The molecule has 1 nitrogen and oxygen atoms in total. The minimum absolute atomic E-state index is 0.000432. The standard InChI is InChI=1S/C6H6N.BrH.Mg/c1-6-2-4-7-5-3-6;;/h2-5H,1H2;1H;/q;;+1/p-1. The Bertz CT molecular complexity index is 166. The van der Waals surface area contributed by atoms with Gasteiger partial charge < -0.3 is 12.9 Å². The molecule has 0 aliphatic rings. The highest BCUT2D eigenvalue weighted by atomic mass is 79.9. The first-order chi connectivity index (χ1) is 4.43. The Morgan fingerprint density at radius 1 is 1.44 bits per heavy atom. The van der Waals surface area contributed by atoms with Crippen molar-refractivity contribution < 1.29 is 0 Å². The molecule has 3 heteroatoms. The minimum Gasteiger partial charge on any atom is -0.306 e. The third-order valence-corrected chi connectivity index (χ3v) is 3.09. The lowest BCUT2D eigenvalue weighted by atomic mass is 10.3. The average Bonchev–Trinajstić information content (AvgIpc) is 1.91. The van der Waals surface area contributed by atoms with Gasteiger partial charge in [0.25, 0.3) is 0 Å². The van der Waals surface area contributed by atoms with E-state index in [1.54, 1.807) is 0 Å². The lowest BCUT2D eigenvalue weighted by molar-refractivity contribution is 1.27. The third-order valence-electron chi connectivity index (χ3n) is 1.13. The van der Waals surface area contributed by atoms with Crippen LogP contribution in [0.15, 0.2) is 24.5 Å². The zero-order chi connectivity index (χ0) is 6.53. The van der Waals surface area contributed by atoms with E-state index in [0.29, 0.717) is 0 Å². The Morgan fingerprint density at radius 2 is 2.11 bits per heavy atom. The number of nitrogens with zero attached hydrogens (tertiary/aromatic N) is 1. The predicted octanol–water partition coefficient (Wildman–Crippen LogP) is 1.60. The molecule has 1 aromatic heterocycles. The van der Waals surface area contributed by atoms with Gasteiger partial charge in [0.2, 0.25) is 0 Å². The topological polar surface area (TPSA) is 12.9 Å². The van der Waals surface area contributed by atoms with Crippen LogP contribution in [0.4, 0.5) is 0 Å². The molecular formula is C6H6BrMgN. The van der Waals surface area contributed by atoms with Gasteiger partial charge in [-0.25, -0.2) is 0 Å². The molecule has 0 aliphatic heterocycles. The molecule has 1 heterocycles. The van der Waals surface area contributed by atoms with E-state index in [1.165, 1.54) is 10.1 Å². The van der Waals surface area contributed by atoms with Crippen molar-refractivity contribution in [1.29, 1.82) is 0 Å². The van der Waals surface area contributed by atoms with Crippen molar-refractivity contribution >= 4 is 31.1 Å². The van der Waals surface area contributed by atoms with E-state index in [2.05, 4.69) is 30.0 Å². The van der Waals surface area contributed by atoms with E-state index in [1.807, 2.05) is 12.4 Å². The second-order valence-electron chi connectivity index (χ2n) is 1.79. The first-order valence-corrected chi connectivity index (χ1v) is 7.78. The van der Waals surface area contributed by atoms with Crippen molar-refractivity contribution in [2.75, 3.05) is 0 Å². The van der Waals surface area contributed by atoms with Crippen LogP contribution in [0.25, 0.3) is 0 Å². The molecule has 0 spiro atoms. The van der Waals surface area contributed by atoms with Gasteiger partial charge >= 0.3 is 18.2 Å². The molecule has 1 aromatic rings. The van der Waals surface area contributed by atoms with Crippen molar-refractivity contribution in [2.24, 2.45) is 0 Å². The van der Waals surface area contributed by atoms with Crippen LogP contribution in [0.1, 0.15) is 5.56 Å². The summed E-state index contributed by atoms with van der Waals surface area (Å²) in [5.74, 6) is 0. The fraction of sp³-hybridized carbons (Fsp3) is 0.167. The van der Waals surface area contributed by atoms with Gasteiger partial charge in [-0.3, -0.25) is 4.98 Å². The van der Waals surface area contributed by atoms with E-state index in [0.717, 1.165) is 0 Å². The van der Waals surface area contributed by atoms with Gasteiger partial charge in [0.15, 0.2) is 0 Å². The molecule has 0 amide bonds. The van der Waals surface area contributed by atoms with Crippen LogP contribution in [0.5, 0.6) is 0 Å². The van der Waals surface area contributed by atoms with E-state index < -0.39 is 0 Å². The third kappa shape index (κ3) is 2.64. The summed E-state index contributed by atoms with van der Waals surface area (Å²) in [5, 5.41) is 0. The molecule has 0 saturated heterocycles. The maximum atomic E-state index is 3.93. The lowest BCUT2D eigenvalue weighted by Crippen LogP contribution is -1.87. The molecule has 0 fully saturated rings. The van der Waals surface area contributed by atoms with Gasteiger partial charge in [-0.15, -0.1) is 4.55 Å². The fourth-order valence-electron chi connectivity index (χ4n) is 0.659. The first-order valence-electron chi connectivity index (χ1n) is 2.88. The van der Waals surface area contributed by atoms with E-state index in [4.69, 9.17) is 0 Å². The highest BCUT2D eigenvalue weighted by Crippen LogP contribution is 1.96. The molecule has 0 N–H and O–H groups in total. The number of rotatable bonds is 2. The summed E-state index contributed by atoms with van der Waals surface area (Å²) in [7, 11) is 0. The fourth-order valence-corrected chi connectivity index (χ4v) is 2.58. The quantitative estimate of drug-likeness (QED) is 0.655. The number of pyridine rings is 1. The van der Waals surface area contributed by atoms with Gasteiger partial charge in [-0.05, 0) is 12.1 Å². The second-order valence-corrected chi connectivity index (χ2v) is 5.05. The summed E-state index contributed by atoms with van der Waals surface area (Å²) < 4.78 is 1.22. The maximum Gasteiger partial charge on any atom is 0.473 e. The number of hydrogen-bond donors (Lipinski definition) is 0. The number of aromatic nitrogens is 1. The summed E-state index contributed by atoms with van der Waals surface area (Å²) >= 11 is 3.50.